The highest BCUT2D eigenvalue weighted by molar-refractivity contribution is 5.44. The first kappa shape index (κ1) is 11.9. The van der Waals surface area contributed by atoms with Crippen LogP contribution in [0.2, 0.25) is 0 Å². The molecule has 1 aromatic heterocycles. The Hall–Kier alpha value is -1.20. The number of anilines is 1. The molecule has 2 aliphatic heterocycles. The van der Waals surface area contributed by atoms with Gasteiger partial charge in [-0.3, -0.25) is 4.90 Å². The summed E-state index contributed by atoms with van der Waals surface area (Å²) in [5, 5.41) is 0. The molecule has 2 saturated heterocycles. The molecule has 1 atom stereocenters. The number of hydrogen-bond acceptors (Lipinski definition) is 4. The molecule has 98 valence electrons. The number of pyridine rings is 1. The van der Waals surface area contributed by atoms with Crippen LogP contribution in [-0.4, -0.2) is 42.1 Å². The monoisotopic (exact) mass is 250 g/mol. The molecule has 0 aliphatic carbocycles. The predicted molar refractivity (Wildman–Crippen MR) is 68.9 cm³/mol. The average molecular weight is 250 g/mol. The second-order valence-corrected chi connectivity index (χ2v) is 5.09. The van der Waals surface area contributed by atoms with Crippen LogP contribution < -0.4 is 10.6 Å². The minimum atomic E-state index is -0.244. The molecule has 4 nitrogen and oxygen atoms in total. The Bertz CT molecular complexity index is 437. The third-order valence-corrected chi connectivity index (χ3v) is 4.06. The van der Waals surface area contributed by atoms with E-state index in [0.29, 0.717) is 17.4 Å². The molecule has 2 N–H and O–H groups in total. The van der Waals surface area contributed by atoms with Crippen LogP contribution in [0.4, 0.5) is 10.2 Å². The lowest BCUT2D eigenvalue weighted by Crippen LogP contribution is -2.50. The molecular weight excluding hydrogens is 231 g/mol. The number of nitrogens with zero attached hydrogens (tertiary/aromatic N) is 3. The highest BCUT2D eigenvalue weighted by Gasteiger charge is 2.32. The Morgan fingerprint density at radius 3 is 3.11 bits per heavy atom. The third-order valence-electron chi connectivity index (χ3n) is 4.06. The fraction of sp³-hybridized carbons (Fsp3) is 0.615. The number of hydrogen-bond donors (Lipinski definition) is 1. The van der Waals surface area contributed by atoms with E-state index in [1.54, 1.807) is 12.3 Å². The van der Waals surface area contributed by atoms with Gasteiger partial charge in [0, 0.05) is 44.0 Å². The summed E-state index contributed by atoms with van der Waals surface area (Å²) in [6.45, 7) is 4.17. The lowest BCUT2D eigenvalue weighted by molar-refractivity contribution is 0.229. The van der Waals surface area contributed by atoms with Gasteiger partial charge in [0.25, 0.3) is 0 Å². The molecule has 0 aromatic carbocycles. The SMILES string of the molecule is NCc1ccnc(N2CCN3CCCC3C2)c1F. The maximum absolute atomic E-state index is 14.2. The summed E-state index contributed by atoms with van der Waals surface area (Å²) in [4.78, 5) is 8.77. The van der Waals surface area contributed by atoms with Gasteiger partial charge in [0.2, 0.25) is 0 Å². The summed E-state index contributed by atoms with van der Waals surface area (Å²) in [6.07, 6.45) is 4.13. The standard InChI is InChI=1S/C13H19FN4/c14-12-10(8-15)3-4-16-13(12)18-7-6-17-5-1-2-11(17)9-18/h3-4,11H,1-2,5-9,15H2. The zero-order valence-electron chi connectivity index (χ0n) is 10.5. The van der Waals surface area contributed by atoms with Gasteiger partial charge < -0.3 is 10.6 Å². The van der Waals surface area contributed by atoms with E-state index in [1.807, 2.05) is 0 Å². The van der Waals surface area contributed by atoms with E-state index in [9.17, 15) is 4.39 Å². The summed E-state index contributed by atoms with van der Waals surface area (Å²) in [5.74, 6) is 0.232. The topological polar surface area (TPSA) is 45.4 Å². The molecule has 0 spiro atoms. The summed E-state index contributed by atoms with van der Waals surface area (Å²) < 4.78 is 14.2. The van der Waals surface area contributed by atoms with Crippen molar-refractivity contribution >= 4 is 5.82 Å². The summed E-state index contributed by atoms with van der Waals surface area (Å²) in [6, 6.07) is 2.23. The largest absolute Gasteiger partial charge is 0.351 e. The normalized spacial score (nSPS) is 24.3. The van der Waals surface area contributed by atoms with E-state index in [1.165, 1.54) is 19.4 Å². The number of aromatic nitrogens is 1. The van der Waals surface area contributed by atoms with Crippen LogP contribution in [0.5, 0.6) is 0 Å². The van der Waals surface area contributed by atoms with Crippen LogP contribution in [-0.2, 0) is 6.54 Å². The molecule has 0 amide bonds. The van der Waals surface area contributed by atoms with Gasteiger partial charge in [-0.1, -0.05) is 0 Å². The van der Waals surface area contributed by atoms with Crippen molar-refractivity contribution in [1.82, 2.24) is 9.88 Å². The Balaban J connectivity index is 1.82. The zero-order chi connectivity index (χ0) is 12.5. The third kappa shape index (κ3) is 1.97. The molecule has 5 heteroatoms. The first-order valence-corrected chi connectivity index (χ1v) is 6.62. The van der Waals surface area contributed by atoms with Crippen molar-refractivity contribution < 1.29 is 4.39 Å². The summed E-state index contributed by atoms with van der Waals surface area (Å²) >= 11 is 0. The lowest BCUT2D eigenvalue weighted by Gasteiger charge is -2.38. The number of nitrogens with two attached hydrogens (primary N) is 1. The van der Waals surface area contributed by atoms with E-state index >= 15 is 0 Å². The lowest BCUT2D eigenvalue weighted by atomic mass is 10.1. The zero-order valence-corrected chi connectivity index (χ0v) is 10.5. The molecule has 3 heterocycles. The van der Waals surface area contributed by atoms with Gasteiger partial charge in [0.05, 0.1) is 0 Å². The minimum absolute atomic E-state index is 0.227. The number of halogens is 1. The van der Waals surface area contributed by atoms with E-state index < -0.39 is 0 Å². The Morgan fingerprint density at radius 2 is 2.28 bits per heavy atom. The van der Waals surface area contributed by atoms with E-state index in [2.05, 4.69) is 14.8 Å². The fourth-order valence-corrected chi connectivity index (χ4v) is 3.03. The maximum Gasteiger partial charge on any atom is 0.170 e. The number of piperazine rings is 1. The molecule has 0 bridgehead atoms. The number of fused-ring (bicyclic) bond motifs is 1. The van der Waals surface area contributed by atoms with Gasteiger partial charge in [-0.2, -0.15) is 0 Å². The van der Waals surface area contributed by atoms with Crippen molar-refractivity contribution in [2.24, 2.45) is 5.73 Å². The van der Waals surface area contributed by atoms with Crippen LogP contribution in [0, 0.1) is 5.82 Å². The Labute approximate surface area is 107 Å². The van der Waals surface area contributed by atoms with Crippen molar-refractivity contribution in [2.75, 3.05) is 31.1 Å². The van der Waals surface area contributed by atoms with Gasteiger partial charge in [-0.15, -0.1) is 0 Å². The van der Waals surface area contributed by atoms with Crippen molar-refractivity contribution in [3.8, 4) is 0 Å². The van der Waals surface area contributed by atoms with E-state index in [0.717, 1.165) is 19.6 Å². The predicted octanol–water partition coefficient (Wildman–Crippen LogP) is 0.964. The van der Waals surface area contributed by atoms with Gasteiger partial charge in [-0.25, -0.2) is 9.37 Å². The van der Waals surface area contributed by atoms with Crippen LogP contribution in [0.15, 0.2) is 12.3 Å². The van der Waals surface area contributed by atoms with Crippen molar-refractivity contribution in [1.29, 1.82) is 0 Å². The average Bonchev–Trinajstić information content (AvgIpc) is 2.86. The molecular formula is C13H19FN4. The molecule has 0 saturated carbocycles. The fourth-order valence-electron chi connectivity index (χ4n) is 3.03. The second kappa shape index (κ2) is 4.82. The summed E-state index contributed by atoms with van der Waals surface area (Å²) in [7, 11) is 0. The molecule has 2 aliphatic rings. The minimum Gasteiger partial charge on any atom is -0.351 e. The Morgan fingerprint density at radius 1 is 1.39 bits per heavy atom. The van der Waals surface area contributed by atoms with Gasteiger partial charge in [0.1, 0.15) is 0 Å². The molecule has 1 aromatic rings. The van der Waals surface area contributed by atoms with E-state index in [4.69, 9.17) is 5.73 Å². The molecule has 0 radical (unpaired) electrons. The first-order chi connectivity index (χ1) is 8.79. The van der Waals surface area contributed by atoms with Gasteiger partial charge >= 0.3 is 0 Å². The first-order valence-electron chi connectivity index (χ1n) is 6.62. The van der Waals surface area contributed by atoms with Crippen LogP contribution >= 0.6 is 0 Å². The molecule has 3 rings (SSSR count). The van der Waals surface area contributed by atoms with E-state index in [-0.39, 0.29) is 12.4 Å². The van der Waals surface area contributed by atoms with Crippen LogP contribution in [0.3, 0.4) is 0 Å². The Kier molecular flexibility index (Phi) is 3.18. The molecule has 18 heavy (non-hydrogen) atoms. The second-order valence-electron chi connectivity index (χ2n) is 5.09. The quantitative estimate of drug-likeness (QED) is 0.849. The summed E-state index contributed by atoms with van der Waals surface area (Å²) in [5.41, 5.74) is 6.09. The van der Waals surface area contributed by atoms with Crippen molar-refractivity contribution in [2.45, 2.75) is 25.4 Å². The molecule has 1 unspecified atom stereocenters. The number of rotatable bonds is 2. The smallest absolute Gasteiger partial charge is 0.170 e. The highest BCUT2D eigenvalue weighted by atomic mass is 19.1. The highest BCUT2D eigenvalue weighted by Crippen LogP contribution is 2.26. The maximum atomic E-state index is 14.2. The molecule has 2 fully saturated rings. The van der Waals surface area contributed by atoms with Crippen LogP contribution in [0.1, 0.15) is 18.4 Å². The van der Waals surface area contributed by atoms with Gasteiger partial charge in [-0.05, 0) is 25.5 Å². The van der Waals surface area contributed by atoms with Crippen molar-refractivity contribution in [3.63, 3.8) is 0 Å². The van der Waals surface area contributed by atoms with Crippen LogP contribution in [0.25, 0.3) is 0 Å². The van der Waals surface area contributed by atoms with Gasteiger partial charge in [0.15, 0.2) is 11.6 Å². The van der Waals surface area contributed by atoms with Crippen molar-refractivity contribution in [3.05, 3.63) is 23.6 Å².